The molecule has 0 aliphatic rings. The Labute approximate surface area is 135 Å². The number of hydrogen-bond donors (Lipinski definition) is 1. The second-order valence-electron chi connectivity index (χ2n) is 5.93. The van der Waals surface area contributed by atoms with E-state index in [1.54, 1.807) is 24.4 Å². The van der Waals surface area contributed by atoms with Gasteiger partial charge in [0.15, 0.2) is 6.10 Å². The van der Waals surface area contributed by atoms with E-state index in [0.29, 0.717) is 22.2 Å². The molecule has 0 bridgehead atoms. The van der Waals surface area contributed by atoms with Crippen LogP contribution in [0.3, 0.4) is 0 Å². The predicted octanol–water partition coefficient (Wildman–Crippen LogP) is 4.40. The summed E-state index contributed by atoms with van der Waals surface area (Å²) in [6.07, 6.45) is 1.50. The van der Waals surface area contributed by atoms with Gasteiger partial charge in [-0.25, -0.2) is 4.79 Å². The van der Waals surface area contributed by atoms with Crippen molar-refractivity contribution in [1.82, 2.24) is 4.98 Å². The second-order valence-corrected chi connectivity index (χ2v) is 6.34. The Morgan fingerprint density at radius 3 is 2.68 bits per heavy atom. The van der Waals surface area contributed by atoms with Crippen LogP contribution in [-0.2, 0) is 4.79 Å². The van der Waals surface area contributed by atoms with E-state index in [4.69, 9.17) is 16.3 Å². The number of carboxylic acid groups (broad SMARTS) is 1. The average Bonchev–Trinajstić information content (AvgIpc) is 2.45. The average molecular weight is 322 g/mol. The van der Waals surface area contributed by atoms with Crippen molar-refractivity contribution in [3.05, 3.63) is 35.5 Å². The Hall–Kier alpha value is -1.81. The number of carboxylic acids is 1. The van der Waals surface area contributed by atoms with Gasteiger partial charge in [-0.2, -0.15) is 0 Å². The van der Waals surface area contributed by atoms with Crippen LogP contribution in [-0.4, -0.2) is 22.2 Å². The summed E-state index contributed by atoms with van der Waals surface area (Å²) in [5, 5.41) is 10.8. The maximum atomic E-state index is 11.6. The summed E-state index contributed by atoms with van der Waals surface area (Å²) in [4.78, 5) is 15.8. The Morgan fingerprint density at radius 1 is 1.32 bits per heavy atom. The third-order valence-corrected chi connectivity index (χ3v) is 3.87. The fourth-order valence-electron chi connectivity index (χ4n) is 2.62. The molecule has 0 saturated carbocycles. The lowest BCUT2D eigenvalue weighted by molar-refractivity contribution is -0.147. The first-order chi connectivity index (χ1) is 10.4. The fraction of sp³-hybridized carbons (Fsp3) is 0.412. The summed E-state index contributed by atoms with van der Waals surface area (Å²) in [6.45, 7) is 6.02. The van der Waals surface area contributed by atoms with Crippen LogP contribution in [0.2, 0.25) is 5.02 Å². The molecule has 1 aromatic carbocycles. The number of benzene rings is 1. The first kappa shape index (κ1) is 16.6. The standard InChI is InChI=1S/C17H20ClNO3/c1-10(2)9-11(3)16(17(20)21)22-14-7-6-13(18)12-5-4-8-19-15(12)14/h4-8,10-11,16H,9H2,1-3H3,(H,20,21). The van der Waals surface area contributed by atoms with E-state index in [2.05, 4.69) is 18.8 Å². The summed E-state index contributed by atoms with van der Waals surface area (Å²) < 4.78 is 5.79. The van der Waals surface area contributed by atoms with Gasteiger partial charge in [0, 0.05) is 17.5 Å². The van der Waals surface area contributed by atoms with Crippen molar-refractivity contribution in [2.75, 3.05) is 0 Å². The highest BCUT2D eigenvalue weighted by Gasteiger charge is 2.28. The monoisotopic (exact) mass is 321 g/mol. The van der Waals surface area contributed by atoms with Crippen molar-refractivity contribution in [2.45, 2.75) is 33.3 Å². The van der Waals surface area contributed by atoms with Crippen LogP contribution in [0.25, 0.3) is 10.9 Å². The van der Waals surface area contributed by atoms with Crippen LogP contribution in [0.15, 0.2) is 30.5 Å². The summed E-state index contributed by atoms with van der Waals surface area (Å²) in [5.74, 6) is -0.220. The van der Waals surface area contributed by atoms with E-state index in [1.165, 1.54) is 0 Å². The van der Waals surface area contributed by atoms with Crippen LogP contribution < -0.4 is 4.74 Å². The molecular weight excluding hydrogens is 302 g/mol. The lowest BCUT2D eigenvalue weighted by Gasteiger charge is -2.23. The van der Waals surface area contributed by atoms with E-state index in [0.717, 1.165) is 11.8 Å². The molecule has 5 heteroatoms. The zero-order chi connectivity index (χ0) is 16.3. The Morgan fingerprint density at radius 2 is 2.05 bits per heavy atom. The lowest BCUT2D eigenvalue weighted by Crippen LogP contribution is -2.34. The molecule has 0 radical (unpaired) electrons. The van der Waals surface area contributed by atoms with Crippen molar-refractivity contribution in [3.8, 4) is 5.75 Å². The van der Waals surface area contributed by atoms with Crippen molar-refractivity contribution in [3.63, 3.8) is 0 Å². The van der Waals surface area contributed by atoms with E-state index in [1.807, 2.05) is 13.0 Å². The SMILES string of the molecule is CC(C)CC(C)C(Oc1ccc(Cl)c2cccnc12)C(=O)O. The van der Waals surface area contributed by atoms with Gasteiger partial charge in [-0.1, -0.05) is 32.4 Å². The lowest BCUT2D eigenvalue weighted by atomic mass is 9.94. The van der Waals surface area contributed by atoms with Crippen molar-refractivity contribution < 1.29 is 14.6 Å². The summed E-state index contributed by atoms with van der Waals surface area (Å²) in [6, 6.07) is 7.00. The minimum Gasteiger partial charge on any atom is -0.478 e. The van der Waals surface area contributed by atoms with Gasteiger partial charge in [-0.3, -0.25) is 4.98 Å². The molecule has 0 aliphatic heterocycles. The smallest absolute Gasteiger partial charge is 0.345 e. The third-order valence-electron chi connectivity index (χ3n) is 3.54. The molecule has 2 rings (SSSR count). The number of aliphatic carboxylic acids is 1. The number of aromatic nitrogens is 1. The van der Waals surface area contributed by atoms with Gasteiger partial charge in [-0.15, -0.1) is 0 Å². The number of carbonyl (C=O) groups is 1. The molecular formula is C17H20ClNO3. The second kappa shape index (κ2) is 6.97. The quantitative estimate of drug-likeness (QED) is 0.856. The highest BCUT2D eigenvalue weighted by Crippen LogP contribution is 2.31. The zero-order valence-corrected chi connectivity index (χ0v) is 13.7. The molecule has 2 unspecified atom stereocenters. The summed E-state index contributed by atoms with van der Waals surface area (Å²) in [5.41, 5.74) is 0.581. The van der Waals surface area contributed by atoms with Gasteiger partial charge in [0.05, 0.1) is 5.02 Å². The highest BCUT2D eigenvalue weighted by molar-refractivity contribution is 6.35. The van der Waals surface area contributed by atoms with Gasteiger partial charge < -0.3 is 9.84 Å². The zero-order valence-electron chi connectivity index (χ0n) is 12.9. The van der Waals surface area contributed by atoms with Crippen molar-refractivity contribution in [1.29, 1.82) is 0 Å². The fourth-order valence-corrected chi connectivity index (χ4v) is 2.84. The number of fused-ring (bicyclic) bond motifs is 1. The maximum Gasteiger partial charge on any atom is 0.345 e. The van der Waals surface area contributed by atoms with E-state index >= 15 is 0 Å². The number of nitrogens with zero attached hydrogens (tertiary/aromatic N) is 1. The highest BCUT2D eigenvalue weighted by atomic mass is 35.5. The number of pyridine rings is 1. The molecule has 1 heterocycles. The van der Waals surface area contributed by atoms with Gasteiger partial charge in [0.25, 0.3) is 0 Å². The first-order valence-electron chi connectivity index (χ1n) is 7.32. The van der Waals surface area contributed by atoms with Crippen LogP contribution in [0.4, 0.5) is 0 Å². The Kier molecular flexibility index (Phi) is 5.24. The Bertz CT molecular complexity index is 672. The van der Waals surface area contributed by atoms with Crippen LogP contribution >= 0.6 is 11.6 Å². The minimum absolute atomic E-state index is 0.105. The van der Waals surface area contributed by atoms with Gasteiger partial charge in [-0.05, 0) is 36.6 Å². The molecule has 0 amide bonds. The summed E-state index contributed by atoms with van der Waals surface area (Å²) in [7, 11) is 0. The molecule has 118 valence electrons. The maximum absolute atomic E-state index is 11.6. The number of ether oxygens (including phenoxy) is 1. The molecule has 0 fully saturated rings. The normalized spacial score (nSPS) is 14.0. The van der Waals surface area contributed by atoms with Crippen molar-refractivity contribution in [2.24, 2.45) is 11.8 Å². The third kappa shape index (κ3) is 3.69. The molecule has 2 atom stereocenters. The van der Waals surface area contributed by atoms with E-state index < -0.39 is 12.1 Å². The topological polar surface area (TPSA) is 59.4 Å². The van der Waals surface area contributed by atoms with Crippen molar-refractivity contribution >= 4 is 28.5 Å². The number of hydrogen-bond acceptors (Lipinski definition) is 3. The van der Waals surface area contributed by atoms with E-state index in [-0.39, 0.29) is 5.92 Å². The molecule has 0 spiro atoms. The molecule has 22 heavy (non-hydrogen) atoms. The van der Waals surface area contributed by atoms with Gasteiger partial charge in [0.1, 0.15) is 11.3 Å². The van der Waals surface area contributed by atoms with E-state index in [9.17, 15) is 9.90 Å². The summed E-state index contributed by atoms with van der Waals surface area (Å²) >= 11 is 6.15. The first-order valence-corrected chi connectivity index (χ1v) is 7.70. The van der Waals surface area contributed by atoms with Crippen LogP contribution in [0, 0.1) is 11.8 Å². The molecule has 1 N–H and O–H groups in total. The van der Waals surface area contributed by atoms with Crippen LogP contribution in [0.1, 0.15) is 27.2 Å². The number of rotatable bonds is 6. The molecule has 1 aromatic heterocycles. The molecule has 4 nitrogen and oxygen atoms in total. The Balaban J connectivity index is 2.35. The van der Waals surface area contributed by atoms with Gasteiger partial charge >= 0.3 is 5.97 Å². The molecule has 0 saturated heterocycles. The predicted molar refractivity (Wildman–Crippen MR) is 87.4 cm³/mol. The largest absolute Gasteiger partial charge is 0.478 e. The molecule has 2 aromatic rings. The molecule has 0 aliphatic carbocycles. The minimum atomic E-state index is -0.966. The number of halogens is 1. The van der Waals surface area contributed by atoms with Crippen LogP contribution in [0.5, 0.6) is 5.75 Å². The van der Waals surface area contributed by atoms with Gasteiger partial charge in [0.2, 0.25) is 0 Å².